The highest BCUT2D eigenvalue weighted by Gasteiger charge is 2.56. The molecule has 10 rings (SSSR count). The van der Waals surface area contributed by atoms with E-state index in [0.29, 0.717) is 54.0 Å². The number of benzene rings is 4. The van der Waals surface area contributed by atoms with Crippen LogP contribution in [0.5, 0.6) is 5.75 Å². The quantitative estimate of drug-likeness (QED) is 0.0671. The van der Waals surface area contributed by atoms with E-state index in [1.54, 1.807) is 77.3 Å². The van der Waals surface area contributed by atoms with E-state index in [-0.39, 0.29) is 71.2 Å². The molecule has 3 aliphatic heterocycles. The van der Waals surface area contributed by atoms with Gasteiger partial charge < -0.3 is 33.5 Å². The van der Waals surface area contributed by atoms with E-state index in [0.717, 1.165) is 30.4 Å². The van der Waals surface area contributed by atoms with E-state index in [9.17, 15) is 23.7 Å². The summed E-state index contributed by atoms with van der Waals surface area (Å²) in [5.41, 5.74) is 6.20. The Bertz CT molecular complexity index is 3200. The minimum absolute atomic E-state index is 0.0326. The van der Waals surface area contributed by atoms with Gasteiger partial charge in [0.1, 0.15) is 17.8 Å². The average Bonchev–Trinajstić information content (AvgIpc) is 3.68. The lowest BCUT2D eigenvalue weighted by Crippen LogP contribution is -2.63. The number of esters is 1. The van der Waals surface area contributed by atoms with Crippen molar-refractivity contribution in [1.82, 2.24) is 40.4 Å². The fraction of sp³-hybridized carbons (Fsp3) is 0.407. The first-order chi connectivity index (χ1) is 35.1. The van der Waals surface area contributed by atoms with Gasteiger partial charge in [-0.15, -0.1) is 0 Å². The first kappa shape index (κ1) is 49.8. The minimum Gasteiger partial charge on any atom is -0.465 e. The third-order valence-corrected chi connectivity index (χ3v) is 16.9. The van der Waals surface area contributed by atoms with Crippen molar-refractivity contribution in [3.05, 3.63) is 142 Å². The molecular weight excluding hydrogens is 955 g/mol. The zero-order chi connectivity index (χ0) is 51.2. The van der Waals surface area contributed by atoms with Crippen LogP contribution < -0.4 is 25.9 Å². The number of para-hydroxylation sites is 1. The van der Waals surface area contributed by atoms with Crippen LogP contribution >= 0.6 is 7.52 Å². The summed E-state index contributed by atoms with van der Waals surface area (Å²) in [6, 6.07) is 24.1. The van der Waals surface area contributed by atoms with Crippen LogP contribution in [0.1, 0.15) is 108 Å². The van der Waals surface area contributed by atoms with Gasteiger partial charge in [0.15, 0.2) is 11.3 Å². The molecule has 2 aromatic heterocycles. The second kappa shape index (κ2) is 20.3. The van der Waals surface area contributed by atoms with Crippen molar-refractivity contribution in [2.45, 2.75) is 107 Å². The highest BCUT2D eigenvalue weighted by molar-refractivity contribution is 7.57. The highest BCUT2D eigenvalue weighted by atomic mass is 31.2. The smallest absolute Gasteiger partial charge is 0.355 e. The Hall–Kier alpha value is -6.72. The summed E-state index contributed by atoms with van der Waals surface area (Å²) in [5, 5.41) is 13.7. The number of fused-ring (bicyclic) bond motifs is 3. The first-order valence-electron chi connectivity index (χ1n) is 25.1. The molecule has 3 amide bonds. The molecule has 1 spiro atoms. The third kappa shape index (κ3) is 10.2. The van der Waals surface area contributed by atoms with Gasteiger partial charge in [-0.3, -0.25) is 28.5 Å². The summed E-state index contributed by atoms with van der Waals surface area (Å²) in [5.74, 6) is -4.10. The van der Waals surface area contributed by atoms with Crippen molar-refractivity contribution in [2.24, 2.45) is 7.05 Å². The number of amides is 3. The zero-order valence-corrected chi connectivity index (χ0v) is 42.2. The van der Waals surface area contributed by atoms with Gasteiger partial charge in [-0.25, -0.2) is 19.9 Å². The van der Waals surface area contributed by atoms with Crippen molar-refractivity contribution < 1.29 is 41.9 Å². The Labute approximate surface area is 421 Å². The average molecular weight is 1020 g/mol. The van der Waals surface area contributed by atoms with Crippen LogP contribution in [0.25, 0.3) is 21.7 Å². The van der Waals surface area contributed by atoms with Crippen LogP contribution in [0.2, 0.25) is 0 Å². The van der Waals surface area contributed by atoms with Crippen LogP contribution in [-0.4, -0.2) is 104 Å². The van der Waals surface area contributed by atoms with E-state index in [4.69, 9.17) is 13.8 Å². The van der Waals surface area contributed by atoms with Gasteiger partial charge in [0.05, 0.1) is 24.7 Å². The molecule has 6 aromatic rings. The lowest BCUT2D eigenvalue weighted by Gasteiger charge is -2.40. The topological polar surface area (TPSA) is 198 Å². The molecule has 17 nitrogen and oxygen atoms in total. The summed E-state index contributed by atoms with van der Waals surface area (Å²) in [6.45, 7) is 6.09. The van der Waals surface area contributed by atoms with E-state index >= 15 is 9.18 Å². The van der Waals surface area contributed by atoms with Crippen molar-refractivity contribution in [2.75, 3.05) is 26.2 Å². The highest BCUT2D eigenvalue weighted by Crippen LogP contribution is 2.58. The number of pyridine rings is 1. The SMILES string of the molecule is CCCOC(=O)[C@H](C)NP(=O)(Oc1ccccc1)[C@@H](F)c1ccc2ccc(C(=O)N[C@H]3CN(C(=O)c4noc5ccc(C)cc45)CC[C@H]4CC[C@@H](NN5C[C@@H](c6ccn(C)c(=O)c6)CC56CC6)N4C3=O)cc2c1. The van der Waals surface area contributed by atoms with Gasteiger partial charge in [-0.05, 0) is 129 Å². The lowest BCUT2D eigenvalue weighted by atomic mass is 9.96. The second-order valence-corrected chi connectivity index (χ2v) is 22.1. The van der Waals surface area contributed by atoms with E-state index in [1.807, 2.05) is 36.9 Å². The maximum Gasteiger partial charge on any atom is 0.355 e. The van der Waals surface area contributed by atoms with Gasteiger partial charge in [0.2, 0.25) is 11.8 Å². The number of carbonyl (C=O) groups is 4. The van der Waals surface area contributed by atoms with Crippen LogP contribution in [0.4, 0.5) is 4.39 Å². The van der Waals surface area contributed by atoms with Crippen LogP contribution in [0, 0.1) is 6.92 Å². The number of hydrazine groups is 1. The third-order valence-electron chi connectivity index (χ3n) is 14.8. The van der Waals surface area contributed by atoms with E-state index in [2.05, 4.69) is 26.0 Å². The van der Waals surface area contributed by atoms with Crippen molar-refractivity contribution >= 4 is 53.0 Å². The Morgan fingerprint density at radius 3 is 2.51 bits per heavy atom. The molecular formula is C54H60FN8O9P. The van der Waals surface area contributed by atoms with Gasteiger partial charge >= 0.3 is 13.5 Å². The number of hydrogen-bond donors (Lipinski definition) is 3. The molecule has 73 heavy (non-hydrogen) atoms. The largest absolute Gasteiger partial charge is 0.465 e. The summed E-state index contributed by atoms with van der Waals surface area (Å²) in [7, 11) is -2.81. The second-order valence-electron chi connectivity index (χ2n) is 20.0. The van der Waals surface area contributed by atoms with Crippen LogP contribution in [0.3, 0.4) is 0 Å². The van der Waals surface area contributed by atoms with Crippen molar-refractivity contribution in [3.8, 4) is 5.75 Å². The normalized spacial score (nSPS) is 22.3. The number of ether oxygens (including phenoxy) is 1. The van der Waals surface area contributed by atoms with Crippen LogP contribution in [0.15, 0.2) is 113 Å². The Kier molecular flexibility index (Phi) is 13.9. The fourth-order valence-corrected chi connectivity index (χ4v) is 12.6. The predicted molar refractivity (Wildman–Crippen MR) is 271 cm³/mol. The summed E-state index contributed by atoms with van der Waals surface area (Å²) in [6.07, 6.45) is 6.64. The number of hydrogen-bond acceptors (Lipinski definition) is 12. The molecule has 1 saturated carbocycles. The number of rotatable bonds is 15. The molecule has 19 heteroatoms. The van der Waals surface area contributed by atoms with E-state index in [1.165, 1.54) is 31.2 Å². The molecule has 7 atom stereocenters. The molecule has 0 radical (unpaired) electrons. The lowest BCUT2D eigenvalue weighted by molar-refractivity contribution is -0.145. The van der Waals surface area contributed by atoms with Gasteiger partial charge in [0, 0.05) is 55.5 Å². The first-order valence-corrected chi connectivity index (χ1v) is 26.8. The van der Waals surface area contributed by atoms with Crippen LogP contribution in [-0.2, 0) is 25.9 Å². The molecule has 3 N–H and O–H groups in total. The number of aromatic nitrogens is 2. The molecule has 1 aliphatic carbocycles. The summed E-state index contributed by atoms with van der Waals surface area (Å²) >= 11 is 0. The number of nitrogens with zero attached hydrogens (tertiary/aromatic N) is 5. The molecule has 4 aliphatic rings. The minimum atomic E-state index is -4.54. The van der Waals surface area contributed by atoms with Crippen molar-refractivity contribution in [1.29, 1.82) is 0 Å². The standard InChI is InChI=1S/C54H60FN8O9P/c1-5-25-70-53(68)34(3)59-73(69,72-42-9-7-6-8-10-42)49(55)37-14-12-35-13-15-38(28-39(35)27-37)50(65)56-44-32-61(52(67)48-43-26-33(2)11-17-45(43)71-58-48)24-20-41-16-18-46(63(41)51(44)66)57-62-31-40(30-54(62)21-22-54)36-19-23-60(4)47(64)29-36/h6-15,17,19,23,26-29,34,40-41,44,46,49,57H,5,16,18,20-22,24-25,30-32H2,1-4H3,(H,56,65)(H,59,69)/t34-,40-,41+,44-,46-,49+,73?/m0/s1. The molecule has 3 saturated heterocycles. The van der Waals surface area contributed by atoms with Gasteiger partial charge in [0.25, 0.3) is 17.4 Å². The Morgan fingerprint density at radius 2 is 1.74 bits per heavy atom. The fourth-order valence-electron chi connectivity index (χ4n) is 10.6. The Morgan fingerprint density at radius 1 is 0.945 bits per heavy atom. The van der Waals surface area contributed by atoms with Gasteiger partial charge in [-0.2, -0.15) is 0 Å². The summed E-state index contributed by atoms with van der Waals surface area (Å²) in [4.78, 5) is 73.1. The molecule has 0 bridgehead atoms. The monoisotopic (exact) mass is 1010 g/mol. The van der Waals surface area contributed by atoms with Crippen molar-refractivity contribution in [3.63, 3.8) is 0 Å². The zero-order valence-electron chi connectivity index (χ0n) is 41.3. The molecule has 4 fully saturated rings. The number of halogens is 1. The molecule has 382 valence electrons. The summed E-state index contributed by atoms with van der Waals surface area (Å²) < 4.78 is 49.7. The molecule has 1 unspecified atom stereocenters. The Balaban J connectivity index is 0.927. The number of aryl methyl sites for hydroxylation is 2. The number of nitrogens with one attached hydrogen (secondary N) is 3. The molecule has 4 aromatic carbocycles. The molecule has 5 heterocycles. The number of carbonyl (C=O) groups excluding carboxylic acids is 4. The maximum atomic E-state index is 16.9. The van der Waals surface area contributed by atoms with E-state index < -0.39 is 49.5 Å². The van der Waals surface area contributed by atoms with Gasteiger partial charge in [-0.1, -0.05) is 60.1 Å². The predicted octanol–water partition coefficient (Wildman–Crippen LogP) is 7.65. The number of alkyl halides is 1. The maximum absolute atomic E-state index is 16.9.